The predicted molar refractivity (Wildman–Crippen MR) is 79.7 cm³/mol. The first-order valence-electron chi connectivity index (χ1n) is 6.90. The number of carbonyl (C=O) groups excluding carboxylic acids is 1. The molecule has 1 aromatic heterocycles. The van der Waals surface area contributed by atoms with Crippen LogP contribution in [0.2, 0.25) is 5.02 Å². The van der Waals surface area contributed by atoms with Crippen LogP contribution in [0.4, 0.5) is 5.69 Å². The maximum absolute atomic E-state index is 12.0. The molecule has 116 valence electrons. The molecular formula is C13H19ClN4O3. The fourth-order valence-corrected chi connectivity index (χ4v) is 2.46. The van der Waals surface area contributed by atoms with E-state index in [9.17, 15) is 9.59 Å². The Morgan fingerprint density at radius 3 is 2.86 bits per heavy atom. The largest absolute Gasteiger partial charge is 0.468 e. The summed E-state index contributed by atoms with van der Waals surface area (Å²) in [5.74, 6) is -0.546. The number of anilines is 1. The van der Waals surface area contributed by atoms with Gasteiger partial charge >= 0.3 is 5.97 Å². The van der Waals surface area contributed by atoms with Gasteiger partial charge in [-0.3, -0.25) is 9.59 Å². The van der Waals surface area contributed by atoms with E-state index < -0.39 is 11.5 Å². The number of methoxy groups -OCH3 is 1. The van der Waals surface area contributed by atoms with Gasteiger partial charge in [-0.05, 0) is 25.9 Å². The summed E-state index contributed by atoms with van der Waals surface area (Å²) in [5, 5.41) is 7.07. The highest BCUT2D eigenvalue weighted by atomic mass is 35.5. The van der Waals surface area contributed by atoms with Gasteiger partial charge < -0.3 is 15.0 Å². The smallest absolute Gasteiger partial charge is 0.327 e. The number of rotatable bonds is 6. The van der Waals surface area contributed by atoms with Gasteiger partial charge in [0.2, 0.25) is 0 Å². The molecule has 1 aromatic rings. The number of nitrogens with one attached hydrogen (secondary N) is 1. The Labute approximate surface area is 127 Å². The monoisotopic (exact) mass is 314 g/mol. The molecule has 7 nitrogen and oxygen atoms in total. The van der Waals surface area contributed by atoms with Gasteiger partial charge in [-0.1, -0.05) is 11.6 Å². The highest BCUT2D eigenvalue weighted by molar-refractivity contribution is 6.32. The third kappa shape index (κ3) is 4.18. The maximum Gasteiger partial charge on any atom is 0.327 e. The van der Waals surface area contributed by atoms with E-state index in [-0.39, 0.29) is 11.6 Å². The molecule has 0 bridgehead atoms. The summed E-state index contributed by atoms with van der Waals surface area (Å²) in [6.07, 6.45) is 3.94. The Balaban J connectivity index is 1.95. The molecular weight excluding hydrogens is 296 g/mol. The molecule has 1 fully saturated rings. The number of nitrogens with zero attached hydrogens (tertiary/aromatic N) is 3. The van der Waals surface area contributed by atoms with Gasteiger partial charge in [-0.25, -0.2) is 4.68 Å². The lowest BCUT2D eigenvalue weighted by Gasteiger charge is -2.15. The lowest BCUT2D eigenvalue weighted by molar-refractivity contribution is -0.141. The molecule has 1 saturated heterocycles. The third-order valence-electron chi connectivity index (χ3n) is 3.43. The van der Waals surface area contributed by atoms with Gasteiger partial charge in [-0.15, -0.1) is 0 Å². The van der Waals surface area contributed by atoms with Gasteiger partial charge in [0.05, 0.1) is 19.0 Å². The number of likely N-dealkylation sites (tertiary alicyclic amines) is 1. The van der Waals surface area contributed by atoms with Crippen LogP contribution in [0.25, 0.3) is 0 Å². The van der Waals surface area contributed by atoms with Gasteiger partial charge in [0.1, 0.15) is 11.6 Å². The molecule has 0 amide bonds. The molecule has 1 aliphatic rings. The average Bonchev–Trinajstić information content (AvgIpc) is 2.99. The summed E-state index contributed by atoms with van der Waals surface area (Å²) in [5.41, 5.74) is -0.0183. The quantitative estimate of drug-likeness (QED) is 0.774. The van der Waals surface area contributed by atoms with E-state index in [0.29, 0.717) is 12.2 Å². The van der Waals surface area contributed by atoms with Crippen molar-refractivity contribution in [3.63, 3.8) is 0 Å². The lowest BCUT2D eigenvalue weighted by Crippen LogP contribution is -2.29. The molecule has 0 atom stereocenters. The van der Waals surface area contributed by atoms with Gasteiger partial charge in [0, 0.05) is 13.1 Å². The second-order valence-corrected chi connectivity index (χ2v) is 5.26. The van der Waals surface area contributed by atoms with Crippen molar-refractivity contribution < 1.29 is 9.53 Å². The number of ether oxygens (including phenoxy) is 1. The van der Waals surface area contributed by atoms with Crippen molar-refractivity contribution >= 4 is 23.3 Å². The predicted octanol–water partition coefficient (Wildman–Crippen LogP) is 0.577. The van der Waals surface area contributed by atoms with Crippen LogP contribution in [0.3, 0.4) is 0 Å². The maximum atomic E-state index is 12.0. The van der Waals surface area contributed by atoms with Crippen LogP contribution in [-0.4, -0.2) is 53.9 Å². The van der Waals surface area contributed by atoms with Crippen LogP contribution in [-0.2, 0) is 16.1 Å². The molecule has 21 heavy (non-hydrogen) atoms. The zero-order chi connectivity index (χ0) is 15.2. The molecule has 1 N–H and O–H groups in total. The molecule has 2 heterocycles. The minimum Gasteiger partial charge on any atom is -0.468 e. The minimum absolute atomic E-state index is 0.0373. The topological polar surface area (TPSA) is 76.5 Å². The Morgan fingerprint density at radius 1 is 1.48 bits per heavy atom. The Bertz CT molecular complexity index is 555. The lowest BCUT2D eigenvalue weighted by atomic mass is 10.4. The summed E-state index contributed by atoms with van der Waals surface area (Å²) in [6, 6.07) is 0. The molecule has 0 spiro atoms. The molecule has 0 saturated carbocycles. The van der Waals surface area contributed by atoms with Crippen LogP contribution in [0.5, 0.6) is 0 Å². The third-order valence-corrected chi connectivity index (χ3v) is 3.80. The summed E-state index contributed by atoms with van der Waals surface area (Å²) in [4.78, 5) is 25.5. The zero-order valence-electron chi connectivity index (χ0n) is 12.0. The second kappa shape index (κ2) is 7.42. The van der Waals surface area contributed by atoms with E-state index >= 15 is 0 Å². The van der Waals surface area contributed by atoms with Crippen LogP contribution >= 0.6 is 11.6 Å². The van der Waals surface area contributed by atoms with Gasteiger partial charge in [0.25, 0.3) is 5.56 Å². The first-order chi connectivity index (χ1) is 10.1. The number of hydrogen-bond acceptors (Lipinski definition) is 6. The first-order valence-corrected chi connectivity index (χ1v) is 7.28. The molecule has 0 radical (unpaired) electrons. The Hall–Kier alpha value is -1.60. The molecule has 8 heteroatoms. The number of halogens is 1. The second-order valence-electron chi connectivity index (χ2n) is 4.89. The first kappa shape index (κ1) is 15.8. The SMILES string of the molecule is COC(=O)Cn1ncc(NCCN2CCCC2)c(Cl)c1=O. The van der Waals surface area contributed by atoms with Crippen LogP contribution < -0.4 is 10.9 Å². The van der Waals surface area contributed by atoms with Gasteiger partial charge in [0.15, 0.2) is 0 Å². The Morgan fingerprint density at radius 2 is 2.19 bits per heavy atom. The van der Waals surface area contributed by atoms with E-state index in [4.69, 9.17) is 11.6 Å². The molecule has 0 aliphatic carbocycles. The fraction of sp³-hybridized carbons (Fsp3) is 0.615. The highest BCUT2D eigenvalue weighted by Gasteiger charge is 2.13. The van der Waals surface area contributed by atoms with E-state index in [1.807, 2.05) is 0 Å². The molecule has 0 aromatic carbocycles. The summed E-state index contributed by atoms with van der Waals surface area (Å²) >= 11 is 6.02. The van der Waals surface area contributed by atoms with Crippen molar-refractivity contribution in [2.24, 2.45) is 0 Å². The standard InChI is InChI=1S/C13H19ClN4O3/c1-21-11(19)9-18-13(20)12(14)10(8-16-18)15-4-7-17-5-2-3-6-17/h8,15H,2-7,9H2,1H3. The summed E-state index contributed by atoms with van der Waals surface area (Å²) in [7, 11) is 1.25. The number of hydrogen-bond donors (Lipinski definition) is 1. The average molecular weight is 315 g/mol. The van der Waals surface area contributed by atoms with Crippen molar-refractivity contribution in [2.75, 3.05) is 38.6 Å². The normalized spacial score (nSPS) is 15.1. The molecule has 2 rings (SSSR count). The van der Waals surface area contributed by atoms with Crippen molar-refractivity contribution in [1.82, 2.24) is 14.7 Å². The van der Waals surface area contributed by atoms with Crippen molar-refractivity contribution in [3.8, 4) is 0 Å². The minimum atomic E-state index is -0.546. The fourth-order valence-electron chi connectivity index (χ4n) is 2.24. The van der Waals surface area contributed by atoms with Crippen LogP contribution in [0.1, 0.15) is 12.8 Å². The summed E-state index contributed by atoms with van der Waals surface area (Å²) < 4.78 is 5.48. The van der Waals surface area contributed by atoms with Crippen LogP contribution in [0, 0.1) is 0 Å². The van der Waals surface area contributed by atoms with E-state index in [1.54, 1.807) is 0 Å². The van der Waals surface area contributed by atoms with Crippen molar-refractivity contribution in [2.45, 2.75) is 19.4 Å². The van der Waals surface area contributed by atoms with Crippen LogP contribution in [0.15, 0.2) is 11.0 Å². The van der Waals surface area contributed by atoms with Crippen molar-refractivity contribution in [3.05, 3.63) is 21.6 Å². The molecule has 1 aliphatic heterocycles. The van der Waals surface area contributed by atoms with Crippen molar-refractivity contribution in [1.29, 1.82) is 0 Å². The zero-order valence-corrected chi connectivity index (χ0v) is 12.7. The number of esters is 1. The molecule has 0 unspecified atom stereocenters. The number of aromatic nitrogens is 2. The van der Waals surface area contributed by atoms with E-state index in [2.05, 4.69) is 20.1 Å². The summed E-state index contributed by atoms with van der Waals surface area (Å²) in [6.45, 7) is 3.59. The van der Waals surface area contributed by atoms with E-state index in [0.717, 1.165) is 24.3 Å². The van der Waals surface area contributed by atoms with Gasteiger partial charge in [-0.2, -0.15) is 5.10 Å². The number of carbonyl (C=O) groups is 1. The highest BCUT2D eigenvalue weighted by Crippen LogP contribution is 2.15. The Kier molecular flexibility index (Phi) is 5.58. The van der Waals surface area contributed by atoms with E-state index in [1.165, 1.54) is 26.1 Å².